The van der Waals surface area contributed by atoms with Gasteiger partial charge in [0.05, 0.1) is 42.6 Å². The smallest absolute Gasteiger partial charge is 0.330 e. The zero-order chi connectivity index (χ0) is 30.2. The number of fused-ring (bicyclic) bond motifs is 1. The summed E-state index contributed by atoms with van der Waals surface area (Å²) in [7, 11) is 1.62. The molecule has 0 saturated carbocycles. The van der Waals surface area contributed by atoms with Crippen LogP contribution in [-0.2, 0) is 21.5 Å². The maximum absolute atomic E-state index is 13.5. The molecule has 3 aromatic rings. The molecule has 1 fully saturated rings. The highest BCUT2D eigenvalue weighted by Gasteiger charge is 2.34. The molecule has 0 bridgehead atoms. The lowest BCUT2D eigenvalue weighted by molar-refractivity contribution is -0.119. The van der Waals surface area contributed by atoms with Crippen LogP contribution < -0.4 is 25.8 Å². The summed E-state index contributed by atoms with van der Waals surface area (Å²) in [5.41, 5.74) is 3.18. The standard InChI is InChI=1S/C30H34ClN7O4/c1-17(39)33-23-15-42-16-24(23)35-28-32-13-19-14-38(29(41)37(5)26(19)36-28)25-11-18(9-10-22(25)31)27(40)34-21-8-6-7-20(12-21)30(2,3)4/h6-13,23-24H,14-16H2,1-5H3,(H,33,39)(H,34,40)(H,32,35,36). The molecule has 11 nitrogen and oxygen atoms in total. The van der Waals surface area contributed by atoms with Crippen molar-refractivity contribution in [3.63, 3.8) is 0 Å². The molecule has 1 saturated heterocycles. The van der Waals surface area contributed by atoms with E-state index in [4.69, 9.17) is 16.3 Å². The molecule has 220 valence electrons. The second-order valence-corrected chi connectivity index (χ2v) is 11.9. The van der Waals surface area contributed by atoms with Crippen molar-refractivity contribution in [3.05, 3.63) is 70.4 Å². The van der Waals surface area contributed by atoms with Gasteiger partial charge in [0.1, 0.15) is 5.82 Å². The SMILES string of the molecule is CC(=O)NC1COCC1Nc1ncc2c(n1)N(C)C(=O)N(c1cc(C(=O)Nc3cccc(C(C)(C)C)c3)ccc1Cl)C2. The van der Waals surface area contributed by atoms with Crippen molar-refractivity contribution in [3.8, 4) is 0 Å². The van der Waals surface area contributed by atoms with E-state index in [-0.39, 0.29) is 41.9 Å². The number of carbonyl (C=O) groups excluding carboxylic acids is 3. The fourth-order valence-corrected chi connectivity index (χ4v) is 5.18. The Kier molecular flexibility index (Phi) is 8.07. The number of amides is 4. The first-order valence-corrected chi connectivity index (χ1v) is 14.0. The number of carbonyl (C=O) groups is 3. The third kappa shape index (κ3) is 6.17. The van der Waals surface area contributed by atoms with Crippen LogP contribution in [0.4, 0.5) is 27.9 Å². The van der Waals surface area contributed by atoms with E-state index in [0.29, 0.717) is 52.5 Å². The molecule has 3 N–H and O–H groups in total. The molecule has 0 spiro atoms. The summed E-state index contributed by atoms with van der Waals surface area (Å²) in [6.07, 6.45) is 1.65. The summed E-state index contributed by atoms with van der Waals surface area (Å²) in [5, 5.41) is 9.35. The second-order valence-electron chi connectivity index (χ2n) is 11.5. The average Bonchev–Trinajstić information content (AvgIpc) is 3.36. The van der Waals surface area contributed by atoms with Gasteiger partial charge in [-0.2, -0.15) is 4.98 Å². The van der Waals surface area contributed by atoms with E-state index in [1.165, 1.54) is 16.7 Å². The van der Waals surface area contributed by atoms with Crippen LogP contribution in [-0.4, -0.2) is 60.2 Å². The summed E-state index contributed by atoms with van der Waals surface area (Å²) in [4.78, 5) is 50.2. The van der Waals surface area contributed by atoms with Gasteiger partial charge in [0.15, 0.2) is 0 Å². The normalized spacial score (nSPS) is 18.5. The molecule has 5 rings (SSSR count). The van der Waals surface area contributed by atoms with Gasteiger partial charge in [-0.3, -0.25) is 19.4 Å². The number of halogens is 1. The maximum atomic E-state index is 13.5. The van der Waals surface area contributed by atoms with Crippen molar-refractivity contribution in [1.82, 2.24) is 15.3 Å². The van der Waals surface area contributed by atoms with E-state index in [1.54, 1.807) is 31.4 Å². The third-order valence-electron chi connectivity index (χ3n) is 7.27. The van der Waals surface area contributed by atoms with Gasteiger partial charge in [-0.25, -0.2) is 9.78 Å². The number of benzene rings is 2. The number of aromatic nitrogens is 2. The molecule has 12 heteroatoms. The lowest BCUT2D eigenvalue weighted by Crippen LogP contribution is -2.47. The molecular weight excluding hydrogens is 558 g/mol. The van der Waals surface area contributed by atoms with Crippen LogP contribution in [0.5, 0.6) is 0 Å². The summed E-state index contributed by atoms with van der Waals surface area (Å²) in [6, 6.07) is 11.8. The number of nitrogens with zero attached hydrogens (tertiary/aromatic N) is 4. The fraction of sp³-hybridized carbons (Fsp3) is 0.367. The molecule has 42 heavy (non-hydrogen) atoms. The lowest BCUT2D eigenvalue weighted by atomic mass is 9.87. The van der Waals surface area contributed by atoms with Gasteiger partial charge in [-0.05, 0) is 41.3 Å². The first-order chi connectivity index (χ1) is 19.9. The Labute approximate surface area is 249 Å². The van der Waals surface area contributed by atoms with Crippen LogP contribution in [0.25, 0.3) is 0 Å². The molecular formula is C30H34ClN7O4. The Bertz CT molecular complexity index is 1540. The minimum atomic E-state index is -0.357. The Morgan fingerprint density at radius 1 is 1.10 bits per heavy atom. The van der Waals surface area contributed by atoms with E-state index in [0.717, 1.165) is 5.56 Å². The lowest BCUT2D eigenvalue weighted by Gasteiger charge is -2.34. The quantitative estimate of drug-likeness (QED) is 0.383. The van der Waals surface area contributed by atoms with Crippen molar-refractivity contribution in [1.29, 1.82) is 0 Å². The first kappa shape index (κ1) is 29.3. The number of hydrogen-bond donors (Lipinski definition) is 3. The number of ether oxygens (including phenoxy) is 1. The third-order valence-corrected chi connectivity index (χ3v) is 7.59. The molecule has 1 aromatic heterocycles. The second kappa shape index (κ2) is 11.6. The zero-order valence-corrected chi connectivity index (χ0v) is 25.0. The summed E-state index contributed by atoms with van der Waals surface area (Å²) >= 11 is 6.55. The number of nitrogens with one attached hydrogen (secondary N) is 3. The van der Waals surface area contributed by atoms with Gasteiger partial charge < -0.3 is 20.7 Å². The Morgan fingerprint density at radius 2 is 1.86 bits per heavy atom. The highest BCUT2D eigenvalue weighted by atomic mass is 35.5. The van der Waals surface area contributed by atoms with Crippen LogP contribution in [0.1, 0.15) is 49.2 Å². The van der Waals surface area contributed by atoms with Gasteiger partial charge in [0.2, 0.25) is 11.9 Å². The van der Waals surface area contributed by atoms with Crippen LogP contribution in [0.15, 0.2) is 48.7 Å². The molecule has 4 amide bonds. The van der Waals surface area contributed by atoms with Crippen LogP contribution in [0, 0.1) is 0 Å². The van der Waals surface area contributed by atoms with Crippen molar-refractivity contribution in [2.45, 2.75) is 51.7 Å². The number of rotatable bonds is 6. The molecule has 2 aliphatic heterocycles. The van der Waals surface area contributed by atoms with Crippen LogP contribution in [0.2, 0.25) is 5.02 Å². The molecule has 2 unspecified atom stereocenters. The molecule has 3 heterocycles. The van der Waals surface area contributed by atoms with Crippen molar-refractivity contribution < 1.29 is 19.1 Å². The molecule has 0 radical (unpaired) electrons. The predicted octanol–water partition coefficient (Wildman–Crippen LogP) is 4.57. The highest BCUT2D eigenvalue weighted by molar-refractivity contribution is 6.34. The molecule has 2 aliphatic rings. The minimum absolute atomic E-state index is 0.0638. The molecule has 0 aliphatic carbocycles. The van der Waals surface area contributed by atoms with Gasteiger partial charge in [-0.1, -0.05) is 44.5 Å². The predicted molar refractivity (Wildman–Crippen MR) is 162 cm³/mol. The van der Waals surface area contributed by atoms with E-state index >= 15 is 0 Å². The van der Waals surface area contributed by atoms with Gasteiger partial charge in [-0.15, -0.1) is 0 Å². The topological polar surface area (TPSA) is 129 Å². The average molecular weight is 592 g/mol. The van der Waals surface area contributed by atoms with Crippen molar-refractivity contribution in [2.75, 3.05) is 40.7 Å². The summed E-state index contributed by atoms with van der Waals surface area (Å²) in [5.74, 6) is 0.307. The summed E-state index contributed by atoms with van der Waals surface area (Å²) in [6.45, 7) is 8.73. The summed E-state index contributed by atoms with van der Waals surface area (Å²) < 4.78 is 5.50. The largest absolute Gasteiger partial charge is 0.377 e. The van der Waals surface area contributed by atoms with Crippen molar-refractivity contribution in [2.24, 2.45) is 0 Å². The molecule has 2 aromatic carbocycles. The van der Waals surface area contributed by atoms with Gasteiger partial charge in [0.25, 0.3) is 5.91 Å². The van der Waals surface area contributed by atoms with Crippen LogP contribution >= 0.6 is 11.6 Å². The van der Waals surface area contributed by atoms with E-state index in [9.17, 15) is 14.4 Å². The van der Waals surface area contributed by atoms with Gasteiger partial charge in [0, 0.05) is 37.0 Å². The number of urea groups is 1. The first-order valence-electron chi connectivity index (χ1n) is 13.6. The number of hydrogen-bond acceptors (Lipinski definition) is 7. The van der Waals surface area contributed by atoms with E-state index in [1.807, 2.05) is 24.3 Å². The van der Waals surface area contributed by atoms with Crippen LogP contribution in [0.3, 0.4) is 0 Å². The zero-order valence-electron chi connectivity index (χ0n) is 24.2. The van der Waals surface area contributed by atoms with Crippen molar-refractivity contribution >= 4 is 52.6 Å². The van der Waals surface area contributed by atoms with E-state index < -0.39 is 0 Å². The fourth-order valence-electron chi connectivity index (χ4n) is 4.96. The monoisotopic (exact) mass is 591 g/mol. The number of anilines is 4. The Morgan fingerprint density at radius 3 is 2.60 bits per heavy atom. The Balaban J connectivity index is 1.35. The van der Waals surface area contributed by atoms with Gasteiger partial charge >= 0.3 is 6.03 Å². The minimum Gasteiger partial charge on any atom is -0.377 e. The Hall–Kier alpha value is -4.22. The highest BCUT2D eigenvalue weighted by Crippen LogP contribution is 2.35. The maximum Gasteiger partial charge on any atom is 0.330 e. The van der Waals surface area contributed by atoms with E-state index in [2.05, 4.69) is 46.7 Å². The molecule has 2 atom stereocenters.